The van der Waals surface area contributed by atoms with Gasteiger partial charge in [0.15, 0.2) is 0 Å². The lowest BCUT2D eigenvalue weighted by Crippen LogP contribution is -2.56. The molecule has 2 amide bonds. The predicted molar refractivity (Wildman–Crippen MR) is 120 cm³/mol. The predicted octanol–water partition coefficient (Wildman–Crippen LogP) is 3.56. The Morgan fingerprint density at radius 1 is 1.06 bits per heavy atom. The minimum atomic E-state index is -0.135. The van der Waals surface area contributed by atoms with Crippen molar-refractivity contribution in [3.05, 3.63) is 89.2 Å². The molecule has 2 N–H and O–H groups in total. The maximum absolute atomic E-state index is 13.5. The molecule has 6 nitrogen and oxygen atoms in total. The van der Waals surface area contributed by atoms with E-state index in [1.165, 1.54) is 5.56 Å². The quantitative estimate of drug-likeness (QED) is 0.686. The van der Waals surface area contributed by atoms with E-state index in [0.29, 0.717) is 24.5 Å². The van der Waals surface area contributed by atoms with E-state index in [9.17, 15) is 9.59 Å². The Kier molecular flexibility index (Phi) is 4.98. The number of nitrogens with zero attached hydrogens (tertiary/aromatic N) is 2. The molecule has 2 aliphatic heterocycles. The molecule has 6 heteroatoms. The van der Waals surface area contributed by atoms with Gasteiger partial charge >= 0.3 is 0 Å². The average Bonchev–Trinajstić information content (AvgIpc) is 3.43. The number of likely N-dealkylation sites (tertiary alicyclic amines) is 1. The second kappa shape index (κ2) is 7.95. The van der Waals surface area contributed by atoms with E-state index in [4.69, 9.17) is 0 Å². The van der Waals surface area contributed by atoms with Gasteiger partial charge in [-0.2, -0.15) is 0 Å². The third-order valence-corrected chi connectivity index (χ3v) is 6.37. The van der Waals surface area contributed by atoms with E-state index in [0.717, 1.165) is 24.1 Å². The molecule has 1 fully saturated rings. The molecule has 1 saturated heterocycles. The number of H-pyrrole nitrogens is 1. The van der Waals surface area contributed by atoms with Gasteiger partial charge in [-0.25, -0.2) is 0 Å². The number of hydrogen-bond acceptors (Lipinski definition) is 3. The summed E-state index contributed by atoms with van der Waals surface area (Å²) in [6.07, 6.45) is 3.45. The Bertz CT molecular complexity index is 1090. The minimum Gasteiger partial charge on any atom is -0.355 e. The standard InChI is InChI=1S/C25H26N4O2/c1-17-7-9-19(10-8-17)25(31)28-14-12-20(15-18-5-3-2-4-6-18)24(28)29-16-27-23(30)22-21(29)11-13-26-22/h2-11,13,20,24,26H,12,14-16H2,1H3,(H,27,30). The number of fused-ring (bicyclic) bond motifs is 1. The van der Waals surface area contributed by atoms with Gasteiger partial charge in [-0.15, -0.1) is 0 Å². The Labute approximate surface area is 181 Å². The maximum atomic E-state index is 13.5. The van der Waals surface area contributed by atoms with Gasteiger partial charge in [-0.3, -0.25) is 9.59 Å². The molecular weight excluding hydrogens is 388 g/mol. The van der Waals surface area contributed by atoms with Crippen LogP contribution in [0.25, 0.3) is 0 Å². The van der Waals surface area contributed by atoms with Gasteiger partial charge in [0.05, 0.1) is 12.4 Å². The smallest absolute Gasteiger partial charge is 0.271 e. The molecule has 5 rings (SSSR count). The fourth-order valence-electron chi connectivity index (χ4n) is 4.82. The van der Waals surface area contributed by atoms with Crippen LogP contribution in [0.1, 0.15) is 38.4 Å². The molecule has 1 aromatic heterocycles. The molecule has 31 heavy (non-hydrogen) atoms. The summed E-state index contributed by atoms with van der Waals surface area (Å²) in [7, 11) is 0. The molecular formula is C25H26N4O2. The van der Waals surface area contributed by atoms with Crippen molar-refractivity contribution in [2.75, 3.05) is 18.1 Å². The van der Waals surface area contributed by atoms with Crippen molar-refractivity contribution in [3.63, 3.8) is 0 Å². The zero-order valence-electron chi connectivity index (χ0n) is 17.5. The van der Waals surface area contributed by atoms with Crippen LogP contribution in [0, 0.1) is 12.8 Å². The largest absolute Gasteiger partial charge is 0.355 e. The van der Waals surface area contributed by atoms with Crippen LogP contribution in [0.15, 0.2) is 66.9 Å². The number of anilines is 1. The number of aromatic nitrogens is 1. The lowest BCUT2D eigenvalue weighted by atomic mass is 9.95. The highest BCUT2D eigenvalue weighted by molar-refractivity contribution is 6.00. The number of aromatic amines is 1. The van der Waals surface area contributed by atoms with Gasteiger partial charge in [-0.05, 0) is 43.5 Å². The van der Waals surface area contributed by atoms with Crippen LogP contribution >= 0.6 is 0 Å². The van der Waals surface area contributed by atoms with Crippen LogP contribution in [-0.2, 0) is 6.42 Å². The van der Waals surface area contributed by atoms with E-state index in [1.807, 2.05) is 48.2 Å². The van der Waals surface area contributed by atoms with E-state index >= 15 is 0 Å². The highest BCUT2D eigenvalue weighted by Gasteiger charge is 2.43. The van der Waals surface area contributed by atoms with Crippen LogP contribution in [0.4, 0.5) is 5.69 Å². The fraction of sp³-hybridized carbons (Fsp3) is 0.280. The van der Waals surface area contributed by atoms with E-state index in [-0.39, 0.29) is 23.9 Å². The molecule has 158 valence electrons. The Balaban J connectivity index is 1.50. The molecule has 0 saturated carbocycles. The lowest BCUT2D eigenvalue weighted by Gasteiger charge is -2.41. The number of nitrogens with one attached hydrogen (secondary N) is 2. The van der Waals surface area contributed by atoms with Gasteiger partial charge in [0, 0.05) is 24.2 Å². The zero-order valence-corrected chi connectivity index (χ0v) is 17.5. The first kappa shape index (κ1) is 19.4. The number of rotatable bonds is 4. The highest BCUT2D eigenvalue weighted by atomic mass is 16.2. The van der Waals surface area contributed by atoms with Crippen molar-refractivity contribution in [2.24, 2.45) is 5.92 Å². The van der Waals surface area contributed by atoms with Crippen LogP contribution in [0.2, 0.25) is 0 Å². The second-order valence-corrected chi connectivity index (χ2v) is 8.39. The molecule has 2 aliphatic rings. The second-order valence-electron chi connectivity index (χ2n) is 8.39. The molecule has 2 unspecified atom stereocenters. The number of carbonyl (C=O) groups excluding carboxylic acids is 2. The normalized spacial score (nSPS) is 20.5. The summed E-state index contributed by atoms with van der Waals surface area (Å²) in [5.74, 6) is 0.189. The number of aryl methyl sites for hydroxylation is 1. The third-order valence-electron chi connectivity index (χ3n) is 6.37. The van der Waals surface area contributed by atoms with Gasteiger partial charge in [-0.1, -0.05) is 48.0 Å². The van der Waals surface area contributed by atoms with E-state index in [2.05, 4.69) is 39.5 Å². The summed E-state index contributed by atoms with van der Waals surface area (Å²) in [6, 6.07) is 20.1. The van der Waals surface area contributed by atoms with Crippen molar-refractivity contribution in [2.45, 2.75) is 25.9 Å². The number of amides is 2. The van der Waals surface area contributed by atoms with Crippen molar-refractivity contribution >= 4 is 17.5 Å². The summed E-state index contributed by atoms with van der Waals surface area (Å²) in [5, 5.41) is 2.96. The van der Waals surface area contributed by atoms with Crippen molar-refractivity contribution in [3.8, 4) is 0 Å². The first-order valence-electron chi connectivity index (χ1n) is 10.8. The van der Waals surface area contributed by atoms with E-state index in [1.54, 1.807) is 6.20 Å². The molecule has 3 aromatic rings. The van der Waals surface area contributed by atoms with Gasteiger partial charge in [0.1, 0.15) is 11.9 Å². The minimum absolute atomic E-state index is 0.0366. The van der Waals surface area contributed by atoms with E-state index < -0.39 is 0 Å². The molecule has 3 heterocycles. The summed E-state index contributed by atoms with van der Waals surface area (Å²) in [4.78, 5) is 33.0. The van der Waals surface area contributed by atoms with Gasteiger partial charge in [0.2, 0.25) is 0 Å². The zero-order chi connectivity index (χ0) is 21.4. The number of carbonyl (C=O) groups is 2. The van der Waals surface area contributed by atoms with Crippen molar-refractivity contribution in [1.82, 2.24) is 15.2 Å². The molecule has 0 spiro atoms. The summed E-state index contributed by atoms with van der Waals surface area (Å²) >= 11 is 0. The maximum Gasteiger partial charge on any atom is 0.271 e. The van der Waals surface area contributed by atoms with Crippen LogP contribution in [-0.4, -0.2) is 41.1 Å². The average molecular weight is 415 g/mol. The van der Waals surface area contributed by atoms with Crippen LogP contribution in [0.3, 0.4) is 0 Å². The summed E-state index contributed by atoms with van der Waals surface area (Å²) < 4.78 is 0. The molecule has 0 radical (unpaired) electrons. The van der Waals surface area contributed by atoms with Crippen molar-refractivity contribution in [1.29, 1.82) is 0 Å². The summed E-state index contributed by atoms with van der Waals surface area (Å²) in [6.45, 7) is 3.10. The van der Waals surface area contributed by atoms with Crippen LogP contribution in [0.5, 0.6) is 0 Å². The first-order chi connectivity index (χ1) is 15.1. The number of benzene rings is 2. The fourth-order valence-corrected chi connectivity index (χ4v) is 4.82. The van der Waals surface area contributed by atoms with Crippen molar-refractivity contribution < 1.29 is 9.59 Å². The third kappa shape index (κ3) is 3.58. The topological polar surface area (TPSA) is 68.4 Å². The molecule has 2 atom stereocenters. The highest BCUT2D eigenvalue weighted by Crippen LogP contribution is 2.36. The van der Waals surface area contributed by atoms with Gasteiger partial charge < -0.3 is 20.1 Å². The SMILES string of the molecule is Cc1ccc(C(=O)N2CCC(Cc3ccccc3)C2N2CNC(=O)c3[nH]ccc32)cc1. The Morgan fingerprint density at radius 3 is 2.61 bits per heavy atom. The Hall–Kier alpha value is -3.54. The Morgan fingerprint density at radius 2 is 1.84 bits per heavy atom. The number of hydrogen-bond donors (Lipinski definition) is 2. The lowest BCUT2D eigenvalue weighted by molar-refractivity contribution is 0.0709. The summed E-state index contributed by atoms with van der Waals surface area (Å²) in [5.41, 5.74) is 4.51. The molecule has 0 bridgehead atoms. The molecule has 0 aliphatic carbocycles. The molecule has 2 aromatic carbocycles. The van der Waals surface area contributed by atoms with Gasteiger partial charge in [0.25, 0.3) is 11.8 Å². The van der Waals surface area contributed by atoms with Crippen LogP contribution < -0.4 is 10.2 Å². The monoisotopic (exact) mass is 414 g/mol. The first-order valence-corrected chi connectivity index (χ1v) is 10.8.